The summed E-state index contributed by atoms with van der Waals surface area (Å²) in [5, 5.41) is 24.3. The highest BCUT2D eigenvalue weighted by molar-refractivity contribution is 5.76. The van der Waals surface area contributed by atoms with Crippen molar-refractivity contribution in [3.63, 3.8) is 0 Å². The molecule has 0 aliphatic carbocycles. The zero-order chi connectivity index (χ0) is 19.1. The Morgan fingerprint density at radius 3 is 2.46 bits per heavy atom. The van der Waals surface area contributed by atoms with E-state index in [0.717, 1.165) is 0 Å². The molecule has 0 fully saturated rings. The van der Waals surface area contributed by atoms with Crippen molar-refractivity contribution in [1.82, 2.24) is 0 Å². The van der Waals surface area contributed by atoms with E-state index in [-0.39, 0.29) is 12.3 Å². The van der Waals surface area contributed by atoms with Gasteiger partial charge < -0.3 is 19.9 Å². The van der Waals surface area contributed by atoms with Gasteiger partial charge in [0, 0.05) is 12.1 Å². The third-order valence-corrected chi connectivity index (χ3v) is 3.72. The normalized spacial score (nSPS) is 12.7. The lowest BCUT2D eigenvalue weighted by atomic mass is 10.0. The minimum atomic E-state index is -1.51. The summed E-state index contributed by atoms with van der Waals surface area (Å²) in [5.41, 5.74) is 0.958. The van der Waals surface area contributed by atoms with Crippen LogP contribution in [0.2, 0.25) is 0 Å². The summed E-state index contributed by atoms with van der Waals surface area (Å²) in [6, 6.07) is 11.7. The van der Waals surface area contributed by atoms with Gasteiger partial charge in [-0.3, -0.25) is 10.1 Å². The van der Waals surface area contributed by atoms with Crippen molar-refractivity contribution in [2.45, 2.75) is 19.1 Å². The van der Waals surface area contributed by atoms with Gasteiger partial charge in [0.2, 0.25) is 0 Å². The van der Waals surface area contributed by atoms with Crippen LogP contribution in [0.25, 0.3) is 0 Å². The van der Waals surface area contributed by atoms with Crippen LogP contribution < -0.4 is 10.1 Å². The molecular weight excluding hydrogens is 340 g/mol. The fourth-order valence-corrected chi connectivity index (χ4v) is 2.44. The number of para-hydroxylation sites is 2. The first-order valence-electron chi connectivity index (χ1n) is 7.96. The third-order valence-electron chi connectivity index (χ3n) is 3.72. The zero-order valence-electron chi connectivity index (χ0n) is 14.4. The van der Waals surface area contributed by atoms with Crippen molar-refractivity contribution >= 4 is 17.3 Å². The van der Waals surface area contributed by atoms with Crippen LogP contribution in [0.4, 0.5) is 11.4 Å². The summed E-state index contributed by atoms with van der Waals surface area (Å²) in [7, 11) is 1.50. The summed E-state index contributed by atoms with van der Waals surface area (Å²) < 4.78 is 10.2. The molecule has 0 heterocycles. The maximum absolute atomic E-state index is 12.0. The molecular formula is C18H20N2O6. The van der Waals surface area contributed by atoms with E-state index in [1.165, 1.54) is 31.4 Å². The average Bonchev–Trinajstić information content (AvgIpc) is 2.66. The number of methoxy groups -OCH3 is 1. The Morgan fingerprint density at radius 2 is 1.88 bits per heavy atom. The number of nitrogens with one attached hydrogen (secondary N) is 1. The fraction of sp³-hybridized carbons (Fsp3) is 0.278. The Balaban J connectivity index is 2.38. The van der Waals surface area contributed by atoms with E-state index in [4.69, 9.17) is 9.47 Å². The summed E-state index contributed by atoms with van der Waals surface area (Å²) >= 11 is 0. The Morgan fingerprint density at radius 1 is 1.23 bits per heavy atom. The summed E-state index contributed by atoms with van der Waals surface area (Å²) in [6.07, 6.45) is -1.51. The Bertz CT molecular complexity index is 763. The maximum Gasteiger partial charge on any atom is 0.337 e. The van der Waals surface area contributed by atoms with Crippen molar-refractivity contribution in [3.8, 4) is 5.75 Å². The van der Waals surface area contributed by atoms with Crippen molar-refractivity contribution in [1.29, 1.82) is 0 Å². The van der Waals surface area contributed by atoms with Gasteiger partial charge >= 0.3 is 5.97 Å². The number of anilines is 1. The Hall–Kier alpha value is -3.13. The molecule has 0 bridgehead atoms. The maximum atomic E-state index is 12.0. The van der Waals surface area contributed by atoms with Gasteiger partial charge in [-0.1, -0.05) is 24.3 Å². The molecule has 26 heavy (non-hydrogen) atoms. The highest BCUT2D eigenvalue weighted by Crippen LogP contribution is 2.30. The first-order valence-corrected chi connectivity index (χ1v) is 7.96. The molecule has 2 aromatic rings. The smallest absolute Gasteiger partial charge is 0.337 e. The number of benzene rings is 2. The van der Waals surface area contributed by atoms with Crippen LogP contribution >= 0.6 is 0 Å². The monoisotopic (exact) mass is 360 g/mol. The number of hydrogen-bond donors (Lipinski definition) is 2. The van der Waals surface area contributed by atoms with E-state index in [2.05, 4.69) is 5.32 Å². The van der Waals surface area contributed by atoms with Gasteiger partial charge in [-0.25, -0.2) is 4.79 Å². The van der Waals surface area contributed by atoms with E-state index in [1.807, 2.05) is 0 Å². The van der Waals surface area contributed by atoms with E-state index in [0.29, 0.717) is 17.0 Å². The van der Waals surface area contributed by atoms with E-state index >= 15 is 0 Å². The second kappa shape index (κ2) is 8.82. The van der Waals surface area contributed by atoms with E-state index in [1.54, 1.807) is 31.2 Å². The number of nitrogens with zero attached hydrogens (tertiary/aromatic N) is 1. The molecule has 8 heteroatoms. The molecule has 2 atom stereocenters. The first kappa shape index (κ1) is 19.2. The minimum Gasteiger partial charge on any atom is -0.495 e. The van der Waals surface area contributed by atoms with Crippen LogP contribution in [-0.2, 0) is 9.53 Å². The van der Waals surface area contributed by atoms with E-state index in [9.17, 15) is 20.0 Å². The quantitative estimate of drug-likeness (QED) is 0.423. The lowest BCUT2D eigenvalue weighted by molar-refractivity contribution is -0.384. The number of esters is 1. The lowest BCUT2D eigenvalue weighted by Gasteiger charge is -2.25. The number of nitro benzene ring substituents is 1. The van der Waals surface area contributed by atoms with Gasteiger partial charge in [-0.15, -0.1) is 0 Å². The second-order valence-electron chi connectivity index (χ2n) is 5.37. The topological polar surface area (TPSA) is 111 Å². The number of aliphatic hydroxyl groups is 1. The van der Waals surface area contributed by atoms with Crippen LogP contribution in [0.5, 0.6) is 5.75 Å². The summed E-state index contributed by atoms with van der Waals surface area (Å²) in [5.74, 6) is -0.270. The van der Waals surface area contributed by atoms with Crippen LogP contribution in [0.15, 0.2) is 48.5 Å². The van der Waals surface area contributed by atoms with Crippen LogP contribution in [0.3, 0.4) is 0 Å². The average molecular weight is 360 g/mol. The molecule has 0 spiro atoms. The van der Waals surface area contributed by atoms with Crippen molar-refractivity contribution in [2.24, 2.45) is 0 Å². The Kier molecular flexibility index (Phi) is 6.51. The van der Waals surface area contributed by atoms with E-state index < -0.39 is 23.0 Å². The molecule has 2 aromatic carbocycles. The number of carbonyl (C=O) groups excluding carboxylic acids is 1. The van der Waals surface area contributed by atoms with Crippen molar-refractivity contribution in [3.05, 3.63) is 64.2 Å². The van der Waals surface area contributed by atoms with Crippen LogP contribution in [0, 0.1) is 10.1 Å². The molecule has 0 radical (unpaired) electrons. The molecule has 8 nitrogen and oxygen atoms in total. The second-order valence-corrected chi connectivity index (χ2v) is 5.37. The van der Waals surface area contributed by atoms with Gasteiger partial charge in [0.25, 0.3) is 5.69 Å². The van der Waals surface area contributed by atoms with Gasteiger partial charge in [-0.2, -0.15) is 0 Å². The third kappa shape index (κ3) is 4.48. The molecule has 0 unspecified atom stereocenters. The van der Waals surface area contributed by atoms with Gasteiger partial charge in [0.1, 0.15) is 5.75 Å². The van der Waals surface area contributed by atoms with Gasteiger partial charge in [0.15, 0.2) is 6.10 Å². The molecule has 0 aromatic heterocycles. The number of non-ortho nitro benzene ring substituents is 1. The molecule has 0 saturated heterocycles. The van der Waals surface area contributed by atoms with Crippen LogP contribution in [0.1, 0.15) is 18.5 Å². The first-order chi connectivity index (χ1) is 12.5. The zero-order valence-corrected chi connectivity index (χ0v) is 14.4. The van der Waals surface area contributed by atoms with Gasteiger partial charge in [0.05, 0.1) is 30.4 Å². The number of ether oxygens (including phenoxy) is 2. The minimum absolute atomic E-state index is 0.0876. The van der Waals surface area contributed by atoms with Crippen molar-refractivity contribution in [2.75, 3.05) is 19.0 Å². The predicted octanol–water partition coefficient (Wildman–Crippen LogP) is 2.68. The molecule has 0 aliphatic heterocycles. The number of nitro groups is 1. The molecule has 0 saturated carbocycles. The summed E-state index contributed by atoms with van der Waals surface area (Å²) in [4.78, 5) is 22.3. The van der Waals surface area contributed by atoms with Crippen LogP contribution in [-0.4, -0.2) is 35.8 Å². The molecule has 0 aliphatic rings. The fourth-order valence-electron chi connectivity index (χ4n) is 2.44. The standard InChI is InChI=1S/C18H20N2O6/c1-3-26-18(22)17(21)16(12-8-10-13(11-9-12)20(23)24)19-14-6-4-5-7-15(14)25-2/h4-11,16-17,19,21H,3H2,1-2H3/t16-,17+/m0/s1. The highest BCUT2D eigenvalue weighted by Gasteiger charge is 2.30. The SMILES string of the molecule is CCOC(=O)[C@H](O)[C@@H](Nc1ccccc1OC)c1ccc([N+](=O)[O-])cc1. The molecule has 2 N–H and O–H groups in total. The largest absolute Gasteiger partial charge is 0.495 e. The number of aliphatic hydroxyl groups excluding tert-OH is 1. The number of rotatable bonds is 8. The molecule has 138 valence electrons. The number of hydrogen-bond acceptors (Lipinski definition) is 7. The number of carbonyl (C=O) groups is 1. The predicted molar refractivity (Wildman–Crippen MR) is 95.1 cm³/mol. The lowest BCUT2D eigenvalue weighted by Crippen LogP contribution is -2.34. The summed E-state index contributed by atoms with van der Waals surface area (Å²) in [6.45, 7) is 1.76. The highest BCUT2D eigenvalue weighted by atomic mass is 16.6. The van der Waals surface area contributed by atoms with Gasteiger partial charge in [-0.05, 0) is 24.6 Å². The Labute approximate surface area is 150 Å². The molecule has 2 rings (SSSR count). The van der Waals surface area contributed by atoms with Crippen molar-refractivity contribution < 1.29 is 24.3 Å². The molecule has 0 amide bonds.